The summed E-state index contributed by atoms with van der Waals surface area (Å²) in [5.41, 5.74) is -1.03. The van der Waals surface area contributed by atoms with Gasteiger partial charge < -0.3 is 0 Å². The topological polar surface area (TPSA) is 41.4 Å². The third-order valence-electron chi connectivity index (χ3n) is 1.94. The summed E-state index contributed by atoms with van der Waals surface area (Å²) in [5, 5.41) is -0.628. The normalized spacial score (nSPS) is 19.7. The largest absolute Gasteiger partial charge is 0.313 e. The van der Waals surface area contributed by atoms with E-state index in [1.807, 2.05) is 0 Å². The summed E-state index contributed by atoms with van der Waals surface area (Å²) in [5.74, 6) is -1.60. The van der Waals surface area contributed by atoms with Gasteiger partial charge in [-0.15, -0.1) is 0 Å². The molecule has 2 heterocycles. The van der Waals surface area contributed by atoms with Gasteiger partial charge in [0.2, 0.25) is 11.2 Å². The molecule has 1 aromatic rings. The van der Waals surface area contributed by atoms with Gasteiger partial charge in [-0.2, -0.15) is 18.7 Å². The average molecular weight is 334 g/mol. The molecule has 0 spiro atoms. The Balaban J connectivity index is 2.56. The minimum absolute atomic E-state index is 0.0940. The summed E-state index contributed by atoms with van der Waals surface area (Å²) in [7, 11) is 0. The summed E-state index contributed by atoms with van der Waals surface area (Å²) in [6.45, 7) is 0. The molecule has 0 saturated carbocycles. The predicted octanol–water partition coefficient (Wildman–Crippen LogP) is 3.47. The number of aromatic nitrogens is 2. The van der Waals surface area contributed by atoms with E-state index in [4.69, 9.17) is 46.4 Å². The Morgan fingerprint density at radius 1 is 1.17 bits per heavy atom. The fourth-order valence-corrected chi connectivity index (χ4v) is 2.03. The van der Waals surface area contributed by atoms with E-state index in [0.29, 0.717) is 0 Å². The van der Waals surface area contributed by atoms with Gasteiger partial charge in [0.25, 0.3) is 0 Å². The van der Waals surface area contributed by atoms with Crippen LogP contribution in [0.15, 0.2) is 16.2 Å². The number of aliphatic imine (C=N–C) groups is 1. The molecule has 18 heavy (non-hydrogen) atoms. The molecule has 0 saturated heterocycles. The fraction of sp³-hybridized carbons (Fsp3) is 0.125. The molecule has 1 unspecified atom stereocenters. The van der Waals surface area contributed by atoms with Crippen LogP contribution in [0.4, 0.5) is 14.6 Å². The van der Waals surface area contributed by atoms with Crippen LogP contribution in [0.25, 0.3) is 0 Å². The molecule has 1 aromatic heterocycles. The van der Waals surface area contributed by atoms with Crippen molar-refractivity contribution < 1.29 is 8.78 Å². The Bertz CT molecular complexity index is 562. The SMILES string of the molecule is Fc1nc(F)c(Cl)c(N2C(Cl)=NC=C(Cl)C2Cl)n1. The summed E-state index contributed by atoms with van der Waals surface area (Å²) < 4.78 is 26.2. The second kappa shape index (κ2) is 5.13. The van der Waals surface area contributed by atoms with Gasteiger partial charge in [-0.3, -0.25) is 4.90 Å². The zero-order valence-electron chi connectivity index (χ0n) is 8.21. The second-order valence-electron chi connectivity index (χ2n) is 3.04. The molecule has 0 bridgehead atoms. The first-order valence-electron chi connectivity index (χ1n) is 4.32. The van der Waals surface area contributed by atoms with Gasteiger partial charge in [-0.25, -0.2) is 4.99 Å². The van der Waals surface area contributed by atoms with Crippen LogP contribution >= 0.6 is 46.4 Å². The lowest BCUT2D eigenvalue weighted by Gasteiger charge is -2.28. The Labute approximate surface area is 120 Å². The van der Waals surface area contributed by atoms with Gasteiger partial charge in [0.15, 0.2) is 5.82 Å². The molecule has 1 aliphatic rings. The summed E-state index contributed by atoms with van der Waals surface area (Å²) >= 11 is 23.1. The highest BCUT2D eigenvalue weighted by atomic mass is 35.5. The van der Waals surface area contributed by atoms with Crippen LogP contribution in [0.1, 0.15) is 0 Å². The van der Waals surface area contributed by atoms with Gasteiger partial charge in [0, 0.05) is 6.20 Å². The van der Waals surface area contributed by atoms with Crippen LogP contribution in [-0.4, -0.2) is 20.8 Å². The van der Waals surface area contributed by atoms with Crippen molar-refractivity contribution >= 4 is 57.5 Å². The van der Waals surface area contributed by atoms with Gasteiger partial charge in [-0.05, 0) is 11.6 Å². The number of amidine groups is 1. The number of alkyl halides is 1. The predicted molar refractivity (Wildman–Crippen MR) is 66.3 cm³/mol. The Morgan fingerprint density at radius 3 is 2.50 bits per heavy atom. The molecule has 0 amide bonds. The van der Waals surface area contributed by atoms with Crippen LogP contribution < -0.4 is 4.90 Å². The van der Waals surface area contributed by atoms with Crippen molar-refractivity contribution in [1.29, 1.82) is 0 Å². The van der Waals surface area contributed by atoms with Gasteiger partial charge in [0.05, 0.1) is 5.03 Å². The summed E-state index contributed by atoms with van der Waals surface area (Å²) in [4.78, 5) is 10.8. The van der Waals surface area contributed by atoms with Crippen LogP contribution in [0.5, 0.6) is 0 Å². The Hall–Kier alpha value is -0.690. The minimum atomic E-state index is -1.31. The highest BCUT2D eigenvalue weighted by Gasteiger charge is 2.31. The first-order valence-corrected chi connectivity index (χ1v) is 5.89. The van der Waals surface area contributed by atoms with E-state index < -0.39 is 22.5 Å². The molecule has 0 aromatic carbocycles. The molecule has 0 N–H and O–H groups in total. The molecule has 96 valence electrons. The molecule has 0 fully saturated rings. The fourth-order valence-electron chi connectivity index (χ4n) is 1.19. The quantitative estimate of drug-likeness (QED) is 0.342. The average Bonchev–Trinajstić information content (AvgIpc) is 2.30. The van der Waals surface area contributed by atoms with Crippen LogP contribution in [0, 0.1) is 12.0 Å². The molecular formula is C8H2Cl4F2N4. The zero-order chi connectivity index (χ0) is 13.4. The van der Waals surface area contributed by atoms with E-state index in [-0.39, 0.29) is 16.1 Å². The number of halogens is 6. The first kappa shape index (κ1) is 13.7. The Morgan fingerprint density at radius 2 is 1.83 bits per heavy atom. The molecule has 0 aliphatic carbocycles. The van der Waals surface area contributed by atoms with Crippen molar-refractivity contribution in [2.45, 2.75) is 5.50 Å². The van der Waals surface area contributed by atoms with E-state index in [0.717, 1.165) is 4.90 Å². The van der Waals surface area contributed by atoms with Crippen LogP contribution in [0.2, 0.25) is 5.02 Å². The maximum Gasteiger partial charge on any atom is 0.313 e. The lowest BCUT2D eigenvalue weighted by molar-refractivity contribution is 0.483. The van der Waals surface area contributed by atoms with E-state index in [9.17, 15) is 8.78 Å². The molecule has 2 rings (SSSR count). The first-order chi connectivity index (χ1) is 8.41. The van der Waals surface area contributed by atoms with E-state index in [1.54, 1.807) is 0 Å². The highest BCUT2D eigenvalue weighted by molar-refractivity contribution is 6.69. The standard InChI is InChI=1S/C8H2Cl4F2N4/c9-2-1-15-7(12)18(4(2)11)6-3(10)5(13)16-8(14)17-6/h1,4H. The van der Waals surface area contributed by atoms with Crippen molar-refractivity contribution in [3.8, 4) is 0 Å². The molecule has 0 radical (unpaired) electrons. The summed E-state index contributed by atoms with van der Waals surface area (Å²) in [6.07, 6.45) is -0.106. The highest BCUT2D eigenvalue weighted by Crippen LogP contribution is 2.34. The van der Waals surface area contributed by atoms with Gasteiger partial charge in [0.1, 0.15) is 10.5 Å². The van der Waals surface area contributed by atoms with Crippen molar-refractivity contribution in [2.24, 2.45) is 4.99 Å². The number of anilines is 1. The maximum absolute atomic E-state index is 13.2. The van der Waals surface area contributed by atoms with E-state index in [1.165, 1.54) is 6.20 Å². The van der Waals surface area contributed by atoms with Gasteiger partial charge >= 0.3 is 6.08 Å². The third kappa shape index (κ3) is 2.38. The van der Waals surface area contributed by atoms with Crippen molar-refractivity contribution in [1.82, 2.24) is 9.97 Å². The van der Waals surface area contributed by atoms with Gasteiger partial charge in [-0.1, -0.05) is 34.8 Å². The lowest BCUT2D eigenvalue weighted by atomic mass is 10.4. The van der Waals surface area contributed by atoms with Crippen LogP contribution in [-0.2, 0) is 0 Å². The third-order valence-corrected chi connectivity index (χ3v) is 3.39. The second-order valence-corrected chi connectivity index (χ2v) is 4.60. The number of rotatable bonds is 1. The van der Waals surface area contributed by atoms with E-state index >= 15 is 0 Å². The molecular weight excluding hydrogens is 332 g/mol. The molecule has 1 atom stereocenters. The smallest absolute Gasteiger partial charge is 0.277 e. The molecule has 1 aliphatic heterocycles. The van der Waals surface area contributed by atoms with Crippen molar-refractivity contribution in [2.75, 3.05) is 4.90 Å². The number of nitrogens with zero attached hydrogens (tertiary/aromatic N) is 4. The minimum Gasteiger partial charge on any atom is -0.277 e. The summed E-state index contributed by atoms with van der Waals surface area (Å²) in [6, 6.07) is 0. The molecule has 10 heteroatoms. The van der Waals surface area contributed by atoms with Crippen molar-refractivity contribution in [3.63, 3.8) is 0 Å². The Kier molecular flexibility index (Phi) is 3.91. The molecule has 4 nitrogen and oxygen atoms in total. The maximum atomic E-state index is 13.2. The lowest BCUT2D eigenvalue weighted by Crippen LogP contribution is -2.38. The number of hydrogen-bond acceptors (Lipinski definition) is 4. The van der Waals surface area contributed by atoms with E-state index in [2.05, 4.69) is 15.0 Å². The monoisotopic (exact) mass is 332 g/mol. The van der Waals surface area contributed by atoms with Crippen molar-refractivity contribution in [3.05, 3.63) is 28.3 Å². The zero-order valence-corrected chi connectivity index (χ0v) is 11.2. The van der Waals surface area contributed by atoms with Crippen LogP contribution in [0.3, 0.4) is 0 Å². The number of hydrogen-bond donors (Lipinski definition) is 0.